The Morgan fingerprint density at radius 3 is 2.69 bits per heavy atom. The van der Waals surface area contributed by atoms with Gasteiger partial charge < -0.3 is 5.32 Å². The minimum absolute atomic E-state index is 0.361. The molecule has 3 aromatic rings. The maximum atomic E-state index is 13.2. The van der Waals surface area contributed by atoms with Crippen LogP contribution >= 0.6 is 0 Å². The normalized spacial score (nSPS) is 14.4. The molecular weight excluding hydrogens is 389 g/mol. The quantitative estimate of drug-likeness (QED) is 0.697. The maximum Gasteiger partial charge on any atom is 0.211 e. The van der Waals surface area contributed by atoms with Crippen LogP contribution in [-0.2, 0) is 23.0 Å². The molecule has 29 heavy (non-hydrogen) atoms. The van der Waals surface area contributed by atoms with Crippen LogP contribution in [0.3, 0.4) is 0 Å². The Morgan fingerprint density at radius 2 is 1.97 bits per heavy atom. The van der Waals surface area contributed by atoms with E-state index < -0.39 is 10.0 Å². The van der Waals surface area contributed by atoms with Crippen LogP contribution in [0, 0.1) is 12.7 Å². The average Bonchev–Trinajstić information content (AvgIpc) is 2.69. The van der Waals surface area contributed by atoms with E-state index in [0.717, 1.165) is 33.6 Å². The number of pyridine rings is 1. The molecule has 0 aliphatic carbocycles. The Bertz CT molecular complexity index is 1160. The molecule has 0 unspecified atom stereocenters. The Balaban J connectivity index is 1.64. The molecule has 1 N–H and O–H groups in total. The zero-order valence-corrected chi connectivity index (χ0v) is 17.1. The number of aryl methyl sites for hydroxylation is 1. The second kappa shape index (κ2) is 7.57. The van der Waals surface area contributed by atoms with E-state index in [4.69, 9.17) is 0 Å². The van der Waals surface area contributed by atoms with Crippen molar-refractivity contribution in [3.8, 4) is 11.3 Å². The Morgan fingerprint density at radius 1 is 1.14 bits per heavy atom. The topological polar surface area (TPSA) is 62.3 Å². The second-order valence-corrected chi connectivity index (χ2v) is 9.29. The second-order valence-electron chi connectivity index (χ2n) is 7.31. The monoisotopic (exact) mass is 411 g/mol. The lowest BCUT2D eigenvalue weighted by Crippen LogP contribution is -2.35. The van der Waals surface area contributed by atoms with Crippen molar-refractivity contribution < 1.29 is 12.8 Å². The summed E-state index contributed by atoms with van der Waals surface area (Å²) in [7, 11) is -3.21. The van der Waals surface area contributed by atoms with Crippen LogP contribution in [0.15, 0.2) is 54.7 Å². The number of benzene rings is 2. The Labute approximate surface area is 170 Å². The van der Waals surface area contributed by atoms with Gasteiger partial charge in [0.25, 0.3) is 0 Å². The first-order chi connectivity index (χ1) is 13.8. The smallest absolute Gasteiger partial charge is 0.211 e. The van der Waals surface area contributed by atoms with Crippen LogP contribution in [0.4, 0.5) is 15.8 Å². The van der Waals surface area contributed by atoms with Crippen molar-refractivity contribution in [2.24, 2.45) is 0 Å². The summed E-state index contributed by atoms with van der Waals surface area (Å²) in [5, 5.41) is 3.46. The third-order valence-corrected chi connectivity index (χ3v) is 6.47. The molecule has 4 rings (SSSR count). The van der Waals surface area contributed by atoms with Gasteiger partial charge in [0.1, 0.15) is 5.82 Å². The summed E-state index contributed by atoms with van der Waals surface area (Å²) >= 11 is 0. The lowest BCUT2D eigenvalue weighted by atomic mass is 9.98. The molecule has 0 amide bonds. The molecule has 1 aliphatic heterocycles. The number of aromatic nitrogens is 1. The summed E-state index contributed by atoms with van der Waals surface area (Å²) < 4.78 is 38.5. The third-order valence-electron chi connectivity index (χ3n) is 5.22. The van der Waals surface area contributed by atoms with E-state index in [1.165, 1.54) is 22.8 Å². The molecule has 2 heterocycles. The van der Waals surface area contributed by atoms with Gasteiger partial charge in [0.2, 0.25) is 10.0 Å². The van der Waals surface area contributed by atoms with Gasteiger partial charge in [-0.3, -0.25) is 4.98 Å². The summed E-state index contributed by atoms with van der Waals surface area (Å²) in [6.45, 7) is 2.86. The van der Waals surface area contributed by atoms with Gasteiger partial charge in [-0.2, -0.15) is 4.31 Å². The first-order valence-electron chi connectivity index (χ1n) is 9.37. The van der Waals surface area contributed by atoms with Crippen LogP contribution in [0.1, 0.15) is 16.7 Å². The number of hydrogen-bond acceptors (Lipinski definition) is 4. The molecule has 0 radical (unpaired) electrons. The number of anilines is 2. The lowest BCUT2D eigenvalue weighted by Gasteiger charge is -2.28. The number of sulfonamides is 1. The highest BCUT2D eigenvalue weighted by Crippen LogP contribution is 2.31. The third kappa shape index (κ3) is 4.16. The first-order valence-corrected chi connectivity index (χ1v) is 11.2. The Hall–Kier alpha value is -2.77. The lowest BCUT2D eigenvalue weighted by molar-refractivity contribution is 0.395. The summed E-state index contributed by atoms with van der Waals surface area (Å²) in [5.41, 5.74) is 6.71. The van der Waals surface area contributed by atoms with Gasteiger partial charge in [0, 0.05) is 30.0 Å². The fourth-order valence-electron chi connectivity index (χ4n) is 3.65. The number of halogens is 1. The molecule has 0 bridgehead atoms. The molecule has 1 aliphatic rings. The number of nitrogens with one attached hydrogen (secondary N) is 1. The van der Waals surface area contributed by atoms with Gasteiger partial charge in [-0.15, -0.1) is 0 Å². The minimum Gasteiger partial charge on any atom is -0.355 e. The molecule has 150 valence electrons. The molecule has 0 saturated heterocycles. The van der Waals surface area contributed by atoms with E-state index >= 15 is 0 Å². The van der Waals surface area contributed by atoms with Crippen molar-refractivity contribution in [2.75, 3.05) is 18.1 Å². The van der Waals surface area contributed by atoms with Crippen LogP contribution in [0.2, 0.25) is 0 Å². The van der Waals surface area contributed by atoms with Crippen molar-refractivity contribution in [2.45, 2.75) is 19.9 Å². The highest BCUT2D eigenvalue weighted by Gasteiger charge is 2.24. The van der Waals surface area contributed by atoms with Crippen molar-refractivity contribution in [3.05, 3.63) is 77.2 Å². The molecule has 0 atom stereocenters. The largest absolute Gasteiger partial charge is 0.355 e. The number of rotatable bonds is 4. The standard InChI is InChI=1S/C22H22FN3O2S/c1-15-6-8-18(12-20(15)21-9-7-17(23)13-24-21)25-22-5-3-4-16-14-26(29(2,27)28)11-10-19(16)22/h3-9,12-13,25H,10-11,14H2,1-2H3. The van der Waals surface area contributed by atoms with Crippen molar-refractivity contribution in [3.63, 3.8) is 0 Å². The highest BCUT2D eigenvalue weighted by atomic mass is 32.2. The molecule has 0 fully saturated rings. The Kier molecular flexibility index (Phi) is 5.10. The average molecular weight is 412 g/mol. The zero-order valence-electron chi connectivity index (χ0n) is 16.3. The van der Waals surface area contributed by atoms with Gasteiger partial charge in [-0.25, -0.2) is 12.8 Å². The summed E-state index contributed by atoms with van der Waals surface area (Å²) in [4.78, 5) is 4.19. The van der Waals surface area contributed by atoms with Gasteiger partial charge in [0.05, 0.1) is 18.1 Å². The van der Waals surface area contributed by atoms with E-state index in [9.17, 15) is 12.8 Å². The van der Waals surface area contributed by atoms with Crippen LogP contribution in [0.5, 0.6) is 0 Å². The van der Waals surface area contributed by atoms with Crippen LogP contribution in [-0.4, -0.2) is 30.5 Å². The SMILES string of the molecule is Cc1ccc(Nc2cccc3c2CCN(S(C)(=O)=O)C3)cc1-c1ccc(F)cn1. The number of nitrogens with zero attached hydrogens (tertiary/aromatic N) is 2. The molecular formula is C22H22FN3O2S. The van der Waals surface area contributed by atoms with Gasteiger partial charge >= 0.3 is 0 Å². The van der Waals surface area contributed by atoms with Crippen molar-refractivity contribution >= 4 is 21.4 Å². The van der Waals surface area contributed by atoms with Crippen molar-refractivity contribution in [1.82, 2.24) is 9.29 Å². The molecule has 1 aromatic heterocycles. The summed E-state index contributed by atoms with van der Waals surface area (Å²) in [5.74, 6) is -0.361. The zero-order chi connectivity index (χ0) is 20.6. The molecule has 5 nitrogen and oxygen atoms in total. The molecule has 2 aromatic carbocycles. The highest BCUT2D eigenvalue weighted by molar-refractivity contribution is 7.88. The first kappa shape index (κ1) is 19.5. The molecule has 7 heteroatoms. The van der Waals surface area contributed by atoms with E-state index in [-0.39, 0.29) is 5.82 Å². The summed E-state index contributed by atoms with van der Waals surface area (Å²) in [6, 6.07) is 15.0. The van der Waals surface area contributed by atoms with Crippen LogP contribution in [0.25, 0.3) is 11.3 Å². The van der Waals surface area contributed by atoms with Gasteiger partial charge in [-0.1, -0.05) is 18.2 Å². The predicted molar refractivity (Wildman–Crippen MR) is 113 cm³/mol. The van der Waals surface area contributed by atoms with E-state index in [2.05, 4.69) is 10.3 Å². The predicted octanol–water partition coefficient (Wildman–Crippen LogP) is 4.26. The van der Waals surface area contributed by atoms with Crippen LogP contribution < -0.4 is 5.32 Å². The fourth-order valence-corrected chi connectivity index (χ4v) is 4.45. The number of fused-ring (bicyclic) bond motifs is 1. The number of hydrogen-bond donors (Lipinski definition) is 1. The fraction of sp³-hybridized carbons (Fsp3) is 0.227. The van der Waals surface area contributed by atoms with Gasteiger partial charge in [-0.05, 0) is 60.4 Å². The van der Waals surface area contributed by atoms with E-state index in [0.29, 0.717) is 25.2 Å². The molecule has 0 saturated carbocycles. The molecule has 0 spiro atoms. The summed E-state index contributed by atoms with van der Waals surface area (Å²) in [6.07, 6.45) is 3.12. The minimum atomic E-state index is -3.21. The van der Waals surface area contributed by atoms with Crippen molar-refractivity contribution in [1.29, 1.82) is 0 Å². The van der Waals surface area contributed by atoms with E-state index in [1.54, 1.807) is 6.07 Å². The van der Waals surface area contributed by atoms with E-state index in [1.807, 2.05) is 43.3 Å². The van der Waals surface area contributed by atoms with Gasteiger partial charge in [0.15, 0.2) is 0 Å². The maximum absolute atomic E-state index is 13.2.